The van der Waals surface area contributed by atoms with Gasteiger partial charge >= 0.3 is 0 Å². The van der Waals surface area contributed by atoms with E-state index in [1.54, 1.807) is 0 Å². The molecule has 15 heavy (non-hydrogen) atoms. The van der Waals surface area contributed by atoms with Gasteiger partial charge in [0, 0.05) is 24.2 Å². The van der Waals surface area contributed by atoms with E-state index in [-0.39, 0.29) is 0 Å². The van der Waals surface area contributed by atoms with Crippen molar-refractivity contribution in [2.24, 2.45) is 7.05 Å². The lowest BCUT2D eigenvalue weighted by atomic mass is 9.93. The van der Waals surface area contributed by atoms with Gasteiger partial charge in [-0.1, -0.05) is 6.92 Å². The third-order valence-electron chi connectivity index (χ3n) is 2.94. The fraction of sp³-hybridized carbons (Fsp3) is 0.727. The zero-order valence-corrected chi connectivity index (χ0v) is 10.1. The molecule has 1 saturated heterocycles. The Morgan fingerprint density at radius 3 is 3.07 bits per heavy atom. The molecule has 0 saturated carbocycles. The average molecular weight is 226 g/mol. The zero-order valence-electron chi connectivity index (χ0n) is 9.31. The summed E-state index contributed by atoms with van der Waals surface area (Å²) in [5.41, 5.74) is 0.774. The SMILES string of the molecule is CC1CC(O)(CCc2cnn(C)c2)CS1. The van der Waals surface area contributed by atoms with Gasteiger partial charge in [-0.2, -0.15) is 16.9 Å². The van der Waals surface area contributed by atoms with E-state index in [1.807, 2.05) is 35.9 Å². The van der Waals surface area contributed by atoms with Gasteiger partial charge in [0.15, 0.2) is 0 Å². The molecule has 1 aliphatic heterocycles. The number of nitrogens with zero attached hydrogens (tertiary/aromatic N) is 2. The molecule has 0 aliphatic carbocycles. The van der Waals surface area contributed by atoms with Crippen LogP contribution >= 0.6 is 11.8 Å². The molecule has 3 nitrogen and oxygen atoms in total. The second-order valence-electron chi connectivity index (χ2n) is 4.57. The van der Waals surface area contributed by atoms with E-state index < -0.39 is 5.60 Å². The summed E-state index contributed by atoms with van der Waals surface area (Å²) < 4.78 is 1.81. The van der Waals surface area contributed by atoms with Gasteiger partial charge in [0.2, 0.25) is 0 Å². The van der Waals surface area contributed by atoms with Gasteiger partial charge in [0.25, 0.3) is 0 Å². The van der Waals surface area contributed by atoms with E-state index in [2.05, 4.69) is 12.0 Å². The van der Waals surface area contributed by atoms with Crippen LogP contribution < -0.4 is 0 Å². The van der Waals surface area contributed by atoms with Crippen molar-refractivity contribution in [2.75, 3.05) is 5.75 Å². The highest BCUT2D eigenvalue weighted by Crippen LogP contribution is 2.36. The van der Waals surface area contributed by atoms with Crippen molar-refractivity contribution >= 4 is 11.8 Å². The van der Waals surface area contributed by atoms with Crippen molar-refractivity contribution in [3.63, 3.8) is 0 Å². The maximum atomic E-state index is 10.3. The van der Waals surface area contributed by atoms with Crippen LogP contribution in [0.2, 0.25) is 0 Å². The summed E-state index contributed by atoms with van der Waals surface area (Å²) >= 11 is 1.87. The topological polar surface area (TPSA) is 38.1 Å². The first-order chi connectivity index (χ1) is 7.07. The Morgan fingerprint density at radius 1 is 1.73 bits per heavy atom. The largest absolute Gasteiger partial charge is 0.389 e. The van der Waals surface area contributed by atoms with E-state index in [0.29, 0.717) is 5.25 Å². The van der Waals surface area contributed by atoms with Crippen LogP contribution in [0.15, 0.2) is 12.4 Å². The number of aryl methyl sites for hydroxylation is 2. The molecule has 1 fully saturated rings. The van der Waals surface area contributed by atoms with E-state index in [4.69, 9.17) is 0 Å². The van der Waals surface area contributed by atoms with Crippen LogP contribution in [-0.4, -0.2) is 31.5 Å². The molecule has 2 unspecified atom stereocenters. The number of hydrogen-bond acceptors (Lipinski definition) is 3. The maximum Gasteiger partial charge on any atom is 0.0751 e. The summed E-state index contributed by atoms with van der Waals surface area (Å²) in [5, 5.41) is 15.0. The predicted octanol–water partition coefficient (Wildman–Crippen LogP) is 1.61. The van der Waals surface area contributed by atoms with Crippen LogP contribution in [0.25, 0.3) is 0 Å². The molecule has 0 radical (unpaired) electrons. The van der Waals surface area contributed by atoms with Crippen molar-refractivity contribution < 1.29 is 5.11 Å². The molecule has 0 bridgehead atoms. The van der Waals surface area contributed by atoms with E-state index in [0.717, 1.165) is 25.0 Å². The van der Waals surface area contributed by atoms with E-state index >= 15 is 0 Å². The quantitative estimate of drug-likeness (QED) is 0.851. The summed E-state index contributed by atoms with van der Waals surface area (Å²) in [6.07, 6.45) is 6.62. The van der Waals surface area contributed by atoms with Crippen LogP contribution in [0.1, 0.15) is 25.3 Å². The first kappa shape index (κ1) is 11.0. The van der Waals surface area contributed by atoms with E-state index in [9.17, 15) is 5.11 Å². The number of thioether (sulfide) groups is 1. The van der Waals surface area contributed by atoms with Crippen LogP contribution in [0, 0.1) is 0 Å². The van der Waals surface area contributed by atoms with Crippen molar-refractivity contribution in [3.05, 3.63) is 18.0 Å². The maximum absolute atomic E-state index is 10.3. The monoisotopic (exact) mass is 226 g/mol. The fourth-order valence-corrected chi connectivity index (χ4v) is 3.39. The molecule has 2 atom stereocenters. The summed E-state index contributed by atoms with van der Waals surface area (Å²) in [7, 11) is 1.92. The molecule has 1 aromatic rings. The Hall–Kier alpha value is -0.480. The molecule has 1 aromatic heterocycles. The Bertz CT molecular complexity index is 339. The minimum atomic E-state index is -0.445. The van der Waals surface area contributed by atoms with Crippen molar-refractivity contribution in [3.8, 4) is 0 Å². The van der Waals surface area contributed by atoms with Gasteiger partial charge < -0.3 is 5.11 Å². The highest BCUT2D eigenvalue weighted by molar-refractivity contribution is 8.00. The highest BCUT2D eigenvalue weighted by atomic mass is 32.2. The molecule has 84 valence electrons. The lowest BCUT2D eigenvalue weighted by Gasteiger charge is -2.20. The Kier molecular flexibility index (Phi) is 3.07. The lowest BCUT2D eigenvalue weighted by Crippen LogP contribution is -2.29. The normalized spacial score (nSPS) is 31.0. The third kappa shape index (κ3) is 2.75. The van der Waals surface area contributed by atoms with Gasteiger partial charge in [-0.25, -0.2) is 0 Å². The first-order valence-corrected chi connectivity index (χ1v) is 6.44. The summed E-state index contributed by atoms with van der Waals surface area (Å²) in [6, 6.07) is 0. The number of rotatable bonds is 3. The average Bonchev–Trinajstić information content (AvgIpc) is 2.71. The minimum Gasteiger partial charge on any atom is -0.389 e. The number of aromatic nitrogens is 2. The standard InChI is InChI=1S/C11H18N2OS/c1-9-5-11(14,8-15-9)4-3-10-6-12-13(2)7-10/h6-7,9,14H,3-5,8H2,1-2H3. The van der Waals surface area contributed by atoms with Crippen LogP contribution in [0.5, 0.6) is 0 Å². The minimum absolute atomic E-state index is 0.445. The van der Waals surface area contributed by atoms with Crippen molar-refractivity contribution in [2.45, 2.75) is 37.0 Å². The van der Waals surface area contributed by atoms with Crippen LogP contribution in [0.4, 0.5) is 0 Å². The summed E-state index contributed by atoms with van der Waals surface area (Å²) in [5.74, 6) is 0.883. The highest BCUT2D eigenvalue weighted by Gasteiger charge is 2.35. The second-order valence-corrected chi connectivity index (χ2v) is 6.00. The van der Waals surface area contributed by atoms with Crippen molar-refractivity contribution in [1.82, 2.24) is 9.78 Å². The van der Waals surface area contributed by atoms with E-state index in [1.165, 1.54) is 5.56 Å². The first-order valence-electron chi connectivity index (χ1n) is 5.39. The lowest BCUT2D eigenvalue weighted by molar-refractivity contribution is 0.0550. The second kappa shape index (κ2) is 4.18. The molecule has 2 rings (SSSR count). The Labute approximate surface area is 94.9 Å². The number of aliphatic hydroxyl groups is 1. The predicted molar refractivity (Wildman–Crippen MR) is 63.0 cm³/mol. The number of hydrogen-bond donors (Lipinski definition) is 1. The van der Waals surface area contributed by atoms with Crippen molar-refractivity contribution in [1.29, 1.82) is 0 Å². The molecule has 2 heterocycles. The Balaban J connectivity index is 1.88. The molecular weight excluding hydrogens is 208 g/mol. The van der Waals surface area contributed by atoms with Crippen LogP contribution in [0.3, 0.4) is 0 Å². The molecule has 4 heteroatoms. The van der Waals surface area contributed by atoms with Gasteiger partial charge in [0.05, 0.1) is 11.8 Å². The molecule has 1 N–H and O–H groups in total. The Morgan fingerprint density at radius 2 is 2.53 bits per heavy atom. The molecule has 0 spiro atoms. The smallest absolute Gasteiger partial charge is 0.0751 e. The van der Waals surface area contributed by atoms with Gasteiger partial charge in [-0.3, -0.25) is 4.68 Å². The van der Waals surface area contributed by atoms with Gasteiger partial charge in [0.1, 0.15) is 0 Å². The molecule has 1 aliphatic rings. The third-order valence-corrected chi connectivity index (χ3v) is 4.38. The van der Waals surface area contributed by atoms with Crippen LogP contribution in [-0.2, 0) is 13.5 Å². The van der Waals surface area contributed by atoms with Gasteiger partial charge in [-0.15, -0.1) is 0 Å². The fourth-order valence-electron chi connectivity index (χ4n) is 2.10. The molecule has 0 aromatic carbocycles. The molecule has 0 amide bonds. The molecular formula is C11H18N2OS. The summed E-state index contributed by atoms with van der Waals surface area (Å²) in [4.78, 5) is 0. The van der Waals surface area contributed by atoms with Gasteiger partial charge in [-0.05, 0) is 24.8 Å². The summed E-state index contributed by atoms with van der Waals surface area (Å²) in [6.45, 7) is 2.19. The zero-order chi connectivity index (χ0) is 10.9.